The Morgan fingerprint density at radius 2 is 1.88 bits per heavy atom. The maximum absolute atomic E-state index is 11.9. The van der Waals surface area contributed by atoms with Crippen molar-refractivity contribution >= 4 is 40.0 Å². The van der Waals surface area contributed by atoms with Crippen LogP contribution in [0.15, 0.2) is 34.2 Å². The number of hydrogen-bond donors (Lipinski definition) is 2. The molecular formula is C18H29IN4O2S. The van der Waals surface area contributed by atoms with Crippen LogP contribution in [-0.4, -0.2) is 46.5 Å². The van der Waals surface area contributed by atoms with Crippen molar-refractivity contribution in [3.63, 3.8) is 0 Å². The molecule has 2 N–H and O–H groups in total. The first-order chi connectivity index (χ1) is 12.0. The van der Waals surface area contributed by atoms with Gasteiger partial charge in [-0.3, -0.25) is 4.99 Å². The minimum atomic E-state index is -3.41. The van der Waals surface area contributed by atoms with E-state index in [1.165, 1.54) is 32.7 Å². The van der Waals surface area contributed by atoms with Crippen molar-refractivity contribution in [2.75, 3.05) is 27.2 Å². The van der Waals surface area contributed by atoms with Crippen LogP contribution in [0, 0.1) is 11.8 Å². The van der Waals surface area contributed by atoms with Gasteiger partial charge in [0, 0.05) is 26.7 Å². The molecule has 1 saturated heterocycles. The molecule has 1 aliphatic carbocycles. The average molecular weight is 492 g/mol. The lowest BCUT2D eigenvalue weighted by Crippen LogP contribution is -2.39. The van der Waals surface area contributed by atoms with Crippen LogP contribution in [0.3, 0.4) is 0 Å². The third kappa shape index (κ3) is 4.89. The zero-order chi connectivity index (χ0) is 17.9. The van der Waals surface area contributed by atoms with E-state index in [4.69, 9.17) is 0 Å². The molecule has 0 aromatic heterocycles. The number of aliphatic imine (C=N–C) groups is 1. The molecule has 1 aromatic carbocycles. The standard InChI is InChI=1S/C18H28N4O2S.HI/c1-19-18(22-12-15-7-3-4-8-16(15)13-22)21-11-14-6-5-9-17(10-14)25(23,24)20-2;/h5-6,9-10,15-16,20H,3-4,7-8,11-13H2,1-2H3,(H,19,21);1H. The van der Waals surface area contributed by atoms with Crippen LogP contribution in [0.25, 0.3) is 0 Å². The molecule has 0 bridgehead atoms. The number of nitrogens with one attached hydrogen (secondary N) is 2. The van der Waals surface area contributed by atoms with Crippen molar-refractivity contribution < 1.29 is 8.42 Å². The zero-order valence-corrected chi connectivity index (χ0v) is 18.6. The summed E-state index contributed by atoms with van der Waals surface area (Å²) in [6, 6.07) is 7.01. The molecule has 2 aliphatic rings. The molecule has 2 fully saturated rings. The summed E-state index contributed by atoms with van der Waals surface area (Å²) in [6.45, 7) is 2.72. The van der Waals surface area contributed by atoms with Crippen LogP contribution in [0.5, 0.6) is 0 Å². The summed E-state index contributed by atoms with van der Waals surface area (Å²) < 4.78 is 26.2. The second-order valence-electron chi connectivity index (χ2n) is 6.97. The van der Waals surface area contributed by atoms with Gasteiger partial charge in [0.15, 0.2) is 5.96 Å². The number of likely N-dealkylation sites (tertiary alicyclic amines) is 1. The molecule has 2 atom stereocenters. The molecule has 1 heterocycles. The Balaban J connectivity index is 0.00000243. The van der Waals surface area contributed by atoms with E-state index in [0.717, 1.165) is 36.4 Å². The molecule has 146 valence electrons. The molecule has 1 aromatic rings. The minimum Gasteiger partial charge on any atom is -0.352 e. The third-order valence-corrected chi connectivity index (χ3v) is 6.83. The summed E-state index contributed by atoms with van der Waals surface area (Å²) in [5, 5.41) is 3.39. The van der Waals surface area contributed by atoms with Gasteiger partial charge >= 0.3 is 0 Å². The van der Waals surface area contributed by atoms with E-state index in [2.05, 4.69) is 19.9 Å². The molecule has 1 saturated carbocycles. The topological polar surface area (TPSA) is 73.8 Å². The number of benzene rings is 1. The number of rotatable bonds is 4. The molecule has 0 radical (unpaired) electrons. The second kappa shape index (κ2) is 9.36. The lowest BCUT2D eigenvalue weighted by molar-refractivity contribution is 0.299. The molecule has 26 heavy (non-hydrogen) atoms. The van der Waals surface area contributed by atoms with Gasteiger partial charge in [0.05, 0.1) is 4.90 Å². The van der Waals surface area contributed by atoms with E-state index in [-0.39, 0.29) is 28.9 Å². The molecule has 6 nitrogen and oxygen atoms in total. The molecular weight excluding hydrogens is 463 g/mol. The highest BCUT2D eigenvalue weighted by molar-refractivity contribution is 14.0. The van der Waals surface area contributed by atoms with Gasteiger partial charge in [-0.1, -0.05) is 25.0 Å². The van der Waals surface area contributed by atoms with Crippen LogP contribution in [-0.2, 0) is 16.6 Å². The molecule has 8 heteroatoms. The van der Waals surface area contributed by atoms with Crippen molar-refractivity contribution in [1.82, 2.24) is 14.9 Å². The summed E-state index contributed by atoms with van der Waals surface area (Å²) in [5.74, 6) is 2.52. The molecule has 0 amide bonds. The Hall–Kier alpha value is -0.870. The van der Waals surface area contributed by atoms with E-state index in [1.807, 2.05) is 13.1 Å². The smallest absolute Gasteiger partial charge is 0.240 e. The Morgan fingerprint density at radius 1 is 1.23 bits per heavy atom. The summed E-state index contributed by atoms with van der Waals surface area (Å²) in [4.78, 5) is 7.08. The van der Waals surface area contributed by atoms with E-state index >= 15 is 0 Å². The van der Waals surface area contributed by atoms with Gasteiger partial charge < -0.3 is 10.2 Å². The minimum absolute atomic E-state index is 0. The first-order valence-corrected chi connectivity index (χ1v) is 10.5. The van der Waals surface area contributed by atoms with E-state index in [9.17, 15) is 8.42 Å². The van der Waals surface area contributed by atoms with Crippen LogP contribution >= 0.6 is 24.0 Å². The Labute approximate surface area is 173 Å². The summed E-state index contributed by atoms with van der Waals surface area (Å²) >= 11 is 0. The highest BCUT2D eigenvalue weighted by Gasteiger charge is 2.35. The Kier molecular flexibility index (Phi) is 7.72. The lowest BCUT2D eigenvalue weighted by Gasteiger charge is -2.22. The summed E-state index contributed by atoms with van der Waals surface area (Å²) in [5.41, 5.74) is 0.925. The molecule has 3 rings (SSSR count). The van der Waals surface area contributed by atoms with Crippen molar-refractivity contribution in [2.45, 2.75) is 37.1 Å². The highest BCUT2D eigenvalue weighted by atomic mass is 127. The van der Waals surface area contributed by atoms with Gasteiger partial charge in [-0.2, -0.15) is 0 Å². The van der Waals surface area contributed by atoms with Gasteiger partial charge in [0.25, 0.3) is 0 Å². The number of halogens is 1. The zero-order valence-electron chi connectivity index (χ0n) is 15.4. The second-order valence-corrected chi connectivity index (χ2v) is 8.85. The molecule has 0 spiro atoms. The van der Waals surface area contributed by atoms with Gasteiger partial charge in [-0.25, -0.2) is 13.1 Å². The van der Waals surface area contributed by atoms with E-state index in [1.54, 1.807) is 18.2 Å². The van der Waals surface area contributed by atoms with Crippen molar-refractivity contribution in [3.8, 4) is 0 Å². The number of fused-ring (bicyclic) bond motifs is 1. The fourth-order valence-corrected chi connectivity index (χ4v) is 4.83. The predicted octanol–water partition coefficient (Wildman–Crippen LogP) is 2.41. The van der Waals surface area contributed by atoms with Crippen LogP contribution in [0.1, 0.15) is 31.2 Å². The quantitative estimate of drug-likeness (QED) is 0.385. The Morgan fingerprint density at radius 3 is 2.46 bits per heavy atom. The largest absolute Gasteiger partial charge is 0.352 e. The number of guanidine groups is 1. The Bertz CT molecular complexity index is 724. The van der Waals surface area contributed by atoms with Gasteiger partial charge in [-0.05, 0) is 49.4 Å². The average Bonchev–Trinajstić information content (AvgIpc) is 3.06. The van der Waals surface area contributed by atoms with Gasteiger partial charge in [-0.15, -0.1) is 24.0 Å². The summed E-state index contributed by atoms with van der Waals surface area (Å²) in [6.07, 6.45) is 5.38. The number of hydrogen-bond acceptors (Lipinski definition) is 3. The first kappa shape index (κ1) is 21.4. The van der Waals surface area contributed by atoms with Crippen molar-refractivity contribution in [3.05, 3.63) is 29.8 Å². The fraction of sp³-hybridized carbons (Fsp3) is 0.611. The monoisotopic (exact) mass is 492 g/mol. The number of nitrogens with zero attached hydrogens (tertiary/aromatic N) is 2. The molecule has 1 aliphatic heterocycles. The predicted molar refractivity (Wildman–Crippen MR) is 115 cm³/mol. The van der Waals surface area contributed by atoms with Crippen LogP contribution in [0.2, 0.25) is 0 Å². The third-order valence-electron chi connectivity index (χ3n) is 5.42. The lowest BCUT2D eigenvalue weighted by atomic mass is 9.82. The number of sulfonamides is 1. The van der Waals surface area contributed by atoms with Gasteiger partial charge in [0.2, 0.25) is 10.0 Å². The first-order valence-electron chi connectivity index (χ1n) is 9.01. The maximum atomic E-state index is 11.9. The van der Waals surface area contributed by atoms with Crippen LogP contribution in [0.4, 0.5) is 0 Å². The molecule has 2 unspecified atom stereocenters. The maximum Gasteiger partial charge on any atom is 0.240 e. The van der Waals surface area contributed by atoms with E-state index in [0.29, 0.717) is 6.54 Å². The highest BCUT2D eigenvalue weighted by Crippen LogP contribution is 2.35. The van der Waals surface area contributed by atoms with E-state index < -0.39 is 10.0 Å². The summed E-state index contributed by atoms with van der Waals surface area (Å²) in [7, 11) is -0.176. The van der Waals surface area contributed by atoms with Crippen molar-refractivity contribution in [2.24, 2.45) is 16.8 Å². The van der Waals surface area contributed by atoms with Gasteiger partial charge in [0.1, 0.15) is 0 Å². The normalized spacial score (nSPS) is 23.3. The SMILES string of the molecule is CN=C(NCc1cccc(S(=O)(=O)NC)c1)N1CC2CCCCC2C1.I. The fourth-order valence-electron chi connectivity index (χ4n) is 4.03. The van der Waals surface area contributed by atoms with Crippen LogP contribution < -0.4 is 10.0 Å². The van der Waals surface area contributed by atoms with Crippen molar-refractivity contribution in [1.29, 1.82) is 0 Å².